The highest BCUT2D eigenvalue weighted by molar-refractivity contribution is 5.91. The number of nitrogens with zero attached hydrogens (tertiary/aromatic N) is 4. The second-order valence-corrected chi connectivity index (χ2v) is 6.50. The Morgan fingerprint density at radius 1 is 0.577 bits per heavy atom. The second kappa shape index (κ2) is 10.7. The van der Waals surface area contributed by atoms with Crippen molar-refractivity contribution in [1.82, 2.24) is 19.6 Å². The van der Waals surface area contributed by atoms with Crippen LogP contribution in [-0.4, -0.2) is 125 Å². The van der Waals surface area contributed by atoms with Gasteiger partial charge in [-0.3, -0.25) is 19.2 Å². The fraction of sp³-hybridized carbons (Fsp3) is 0.750. The van der Waals surface area contributed by atoms with Crippen molar-refractivity contribution in [2.45, 2.75) is 12.2 Å². The second-order valence-electron chi connectivity index (χ2n) is 6.50. The lowest BCUT2D eigenvalue weighted by Crippen LogP contribution is -2.53. The number of likely N-dealkylation sites (N-methyl/N-ethyl adjacent to an activating group) is 4. The smallest absolute Gasteiger partial charge is 0.254 e. The highest BCUT2D eigenvalue weighted by Gasteiger charge is 2.38. The van der Waals surface area contributed by atoms with Crippen molar-refractivity contribution in [3.63, 3.8) is 0 Å². The fourth-order valence-corrected chi connectivity index (χ4v) is 1.67. The molecule has 0 N–H and O–H groups in total. The Morgan fingerprint density at radius 2 is 0.846 bits per heavy atom. The van der Waals surface area contributed by atoms with E-state index in [0.717, 1.165) is 0 Å². The van der Waals surface area contributed by atoms with Crippen molar-refractivity contribution in [3.8, 4) is 0 Å². The van der Waals surface area contributed by atoms with E-state index >= 15 is 0 Å². The third-order valence-corrected chi connectivity index (χ3v) is 3.41. The van der Waals surface area contributed by atoms with Crippen LogP contribution < -0.4 is 0 Å². The zero-order valence-electron chi connectivity index (χ0n) is 16.8. The molecule has 0 radical (unpaired) electrons. The Kier molecular flexibility index (Phi) is 9.81. The van der Waals surface area contributed by atoms with E-state index in [-0.39, 0.29) is 11.8 Å². The summed E-state index contributed by atoms with van der Waals surface area (Å²) in [6.45, 7) is -0.807. The van der Waals surface area contributed by atoms with Crippen LogP contribution in [0.25, 0.3) is 0 Å². The zero-order valence-corrected chi connectivity index (χ0v) is 16.8. The third kappa shape index (κ3) is 7.36. The fourth-order valence-electron chi connectivity index (χ4n) is 1.67. The highest BCUT2D eigenvalue weighted by atomic mass is 16.6. The standard InChI is InChI=1S/C16H30N4O6/c1-17(2)11(21)9-25-13(15(23)19(5)6)14(16(24)20(7)8)26-10-12(22)18(3)4/h13-14H,9-10H2,1-8H3/t13-,14-/m0/s1. The molecule has 0 heterocycles. The molecule has 0 aliphatic rings. The number of rotatable bonds is 9. The number of carbonyl (C=O) groups is 4. The molecule has 0 saturated heterocycles. The minimum atomic E-state index is -1.36. The molecule has 0 aliphatic carbocycles. The first-order valence-corrected chi connectivity index (χ1v) is 7.96. The summed E-state index contributed by atoms with van der Waals surface area (Å²) in [6, 6.07) is 0. The summed E-state index contributed by atoms with van der Waals surface area (Å²) in [5, 5.41) is 0. The molecule has 0 rings (SSSR count). The summed E-state index contributed by atoms with van der Waals surface area (Å²) >= 11 is 0. The molecule has 0 aromatic rings. The molecule has 10 nitrogen and oxygen atoms in total. The van der Waals surface area contributed by atoms with Gasteiger partial charge in [0.2, 0.25) is 11.8 Å². The van der Waals surface area contributed by atoms with E-state index in [4.69, 9.17) is 9.47 Å². The van der Waals surface area contributed by atoms with Gasteiger partial charge in [-0.15, -0.1) is 0 Å². The molecule has 0 aromatic heterocycles. The molecule has 10 heteroatoms. The van der Waals surface area contributed by atoms with Crippen molar-refractivity contribution in [2.75, 3.05) is 69.6 Å². The maximum atomic E-state index is 12.5. The van der Waals surface area contributed by atoms with E-state index in [9.17, 15) is 19.2 Å². The Bertz CT molecular complexity index is 473. The van der Waals surface area contributed by atoms with Gasteiger partial charge in [0.15, 0.2) is 12.2 Å². The summed E-state index contributed by atoms with van der Waals surface area (Å²) < 4.78 is 10.9. The lowest BCUT2D eigenvalue weighted by Gasteiger charge is -2.29. The Morgan fingerprint density at radius 3 is 1.04 bits per heavy atom. The molecule has 0 saturated carbocycles. The average molecular weight is 374 g/mol. The number of carbonyl (C=O) groups excluding carboxylic acids is 4. The molecule has 0 bridgehead atoms. The molecule has 4 amide bonds. The maximum Gasteiger partial charge on any atom is 0.254 e. The number of amides is 4. The average Bonchev–Trinajstić information content (AvgIpc) is 2.55. The van der Waals surface area contributed by atoms with E-state index in [0.29, 0.717) is 0 Å². The molecule has 0 fully saturated rings. The minimum Gasteiger partial charge on any atom is -0.355 e. The maximum absolute atomic E-state index is 12.5. The number of hydrogen-bond acceptors (Lipinski definition) is 6. The lowest BCUT2D eigenvalue weighted by molar-refractivity contribution is -0.171. The van der Waals surface area contributed by atoms with Crippen LogP contribution in [0.1, 0.15) is 0 Å². The number of hydrogen-bond donors (Lipinski definition) is 0. The molecule has 2 atom stereocenters. The van der Waals surface area contributed by atoms with E-state index in [1.54, 1.807) is 28.2 Å². The van der Waals surface area contributed by atoms with Gasteiger partial charge in [-0.25, -0.2) is 0 Å². The van der Waals surface area contributed by atoms with Crippen LogP contribution in [0.5, 0.6) is 0 Å². The third-order valence-electron chi connectivity index (χ3n) is 3.41. The van der Waals surface area contributed by atoms with Crippen LogP contribution in [0.2, 0.25) is 0 Å². The monoisotopic (exact) mass is 374 g/mol. The molecular weight excluding hydrogens is 344 g/mol. The van der Waals surface area contributed by atoms with Crippen LogP contribution in [0.4, 0.5) is 0 Å². The molecule has 0 aromatic carbocycles. The lowest BCUT2D eigenvalue weighted by atomic mass is 10.1. The van der Waals surface area contributed by atoms with Gasteiger partial charge >= 0.3 is 0 Å². The van der Waals surface area contributed by atoms with Crippen molar-refractivity contribution in [1.29, 1.82) is 0 Å². The topological polar surface area (TPSA) is 99.7 Å². The van der Waals surface area contributed by atoms with Gasteiger partial charge in [0.1, 0.15) is 13.2 Å². The Hall–Kier alpha value is -2.20. The van der Waals surface area contributed by atoms with Gasteiger partial charge in [0, 0.05) is 56.4 Å². The molecule has 0 unspecified atom stereocenters. The van der Waals surface area contributed by atoms with Gasteiger partial charge in [0.05, 0.1) is 0 Å². The van der Waals surface area contributed by atoms with Crippen LogP contribution in [0.15, 0.2) is 0 Å². The Balaban J connectivity index is 5.53. The summed E-state index contributed by atoms with van der Waals surface area (Å²) in [6.07, 6.45) is -2.72. The first kappa shape index (κ1) is 23.8. The summed E-state index contributed by atoms with van der Waals surface area (Å²) in [7, 11) is 12.2. The summed E-state index contributed by atoms with van der Waals surface area (Å²) in [5.74, 6) is -1.84. The van der Waals surface area contributed by atoms with Gasteiger partial charge in [-0.1, -0.05) is 0 Å². The Labute approximate surface area is 154 Å². The summed E-state index contributed by atoms with van der Waals surface area (Å²) in [5.41, 5.74) is 0. The van der Waals surface area contributed by atoms with Gasteiger partial charge in [-0.05, 0) is 0 Å². The van der Waals surface area contributed by atoms with Crippen molar-refractivity contribution in [3.05, 3.63) is 0 Å². The SMILES string of the molecule is CN(C)C(=O)CO[C@H](C(=O)N(C)C)[C@H](OCC(=O)N(C)C)C(=O)N(C)C. The largest absolute Gasteiger partial charge is 0.355 e. The molecule has 0 aliphatic heterocycles. The zero-order chi connectivity index (χ0) is 20.6. The quantitative estimate of drug-likeness (QED) is 0.468. The molecule has 0 spiro atoms. The first-order chi connectivity index (χ1) is 11.9. The van der Waals surface area contributed by atoms with E-state index in [2.05, 4.69) is 0 Å². The van der Waals surface area contributed by atoms with Gasteiger partial charge < -0.3 is 29.1 Å². The predicted molar refractivity (Wildman–Crippen MR) is 94.3 cm³/mol. The normalized spacial score (nSPS) is 12.8. The van der Waals surface area contributed by atoms with Crippen molar-refractivity contribution < 1.29 is 28.7 Å². The summed E-state index contributed by atoms with van der Waals surface area (Å²) in [4.78, 5) is 53.7. The molecular formula is C16H30N4O6. The van der Waals surface area contributed by atoms with E-state index < -0.39 is 37.2 Å². The van der Waals surface area contributed by atoms with E-state index in [1.165, 1.54) is 47.8 Å². The van der Waals surface area contributed by atoms with Crippen LogP contribution in [-0.2, 0) is 28.7 Å². The van der Waals surface area contributed by atoms with Crippen molar-refractivity contribution >= 4 is 23.6 Å². The molecule has 26 heavy (non-hydrogen) atoms. The minimum absolute atomic E-state index is 0.373. The predicted octanol–water partition coefficient (Wildman–Crippen LogP) is -1.89. The first-order valence-electron chi connectivity index (χ1n) is 7.96. The van der Waals surface area contributed by atoms with Crippen LogP contribution in [0.3, 0.4) is 0 Å². The number of ether oxygens (including phenoxy) is 2. The van der Waals surface area contributed by atoms with Crippen molar-refractivity contribution in [2.24, 2.45) is 0 Å². The molecule has 150 valence electrons. The van der Waals surface area contributed by atoms with Crippen LogP contribution >= 0.6 is 0 Å². The van der Waals surface area contributed by atoms with E-state index in [1.807, 2.05) is 0 Å². The van der Waals surface area contributed by atoms with Gasteiger partial charge in [0.25, 0.3) is 11.8 Å². The van der Waals surface area contributed by atoms with Crippen LogP contribution in [0, 0.1) is 0 Å². The van der Waals surface area contributed by atoms with Gasteiger partial charge in [-0.2, -0.15) is 0 Å². The highest BCUT2D eigenvalue weighted by Crippen LogP contribution is 2.11.